The Morgan fingerprint density at radius 3 is 2.65 bits per heavy atom. The number of nitrogens with one attached hydrogen (secondary N) is 2. The minimum absolute atomic E-state index is 0.00116. The summed E-state index contributed by atoms with van der Waals surface area (Å²) < 4.78 is 0. The molecule has 0 bridgehead atoms. The maximum atomic E-state index is 11.5. The third-order valence-corrected chi connectivity index (χ3v) is 2.83. The van der Waals surface area contributed by atoms with Crippen LogP contribution in [0.2, 0.25) is 0 Å². The van der Waals surface area contributed by atoms with E-state index in [1.54, 1.807) is 12.1 Å². The second kappa shape index (κ2) is 7.59. The van der Waals surface area contributed by atoms with E-state index in [2.05, 4.69) is 10.6 Å². The number of nitrogens with zero attached hydrogens (tertiary/aromatic N) is 1. The molecule has 1 rings (SSSR count). The Bertz CT molecular complexity index is 474. The van der Waals surface area contributed by atoms with Crippen LogP contribution in [0.1, 0.15) is 38.8 Å². The molecule has 0 fully saturated rings. The van der Waals surface area contributed by atoms with Crippen LogP contribution in [-0.4, -0.2) is 23.4 Å². The number of amides is 1. The molecule has 1 amide bonds. The number of carbonyl (C=O) groups is 1. The van der Waals surface area contributed by atoms with E-state index >= 15 is 0 Å². The van der Waals surface area contributed by atoms with Crippen molar-refractivity contribution in [3.63, 3.8) is 0 Å². The number of carbonyl (C=O) groups excluding carboxylic acids is 1. The van der Waals surface area contributed by atoms with Crippen molar-refractivity contribution in [1.82, 2.24) is 10.6 Å². The zero-order valence-corrected chi connectivity index (χ0v) is 12.1. The minimum atomic E-state index is -0.410. The monoisotopic (exact) mass is 279 g/mol. The first kappa shape index (κ1) is 16.1. The third kappa shape index (κ3) is 5.36. The molecule has 6 nitrogen and oxygen atoms in total. The minimum Gasteiger partial charge on any atom is -0.354 e. The van der Waals surface area contributed by atoms with Crippen LogP contribution < -0.4 is 10.6 Å². The van der Waals surface area contributed by atoms with Crippen molar-refractivity contribution in [3.05, 3.63) is 39.9 Å². The highest BCUT2D eigenvalue weighted by molar-refractivity contribution is 5.76. The van der Waals surface area contributed by atoms with Gasteiger partial charge < -0.3 is 10.6 Å². The molecule has 20 heavy (non-hydrogen) atoms. The van der Waals surface area contributed by atoms with E-state index in [4.69, 9.17) is 0 Å². The molecule has 1 aromatic rings. The maximum absolute atomic E-state index is 11.5. The van der Waals surface area contributed by atoms with Gasteiger partial charge in [0.1, 0.15) is 0 Å². The second-order valence-electron chi connectivity index (χ2n) is 5.00. The number of hydrogen-bond donors (Lipinski definition) is 2. The average molecular weight is 279 g/mol. The van der Waals surface area contributed by atoms with Gasteiger partial charge in [-0.05, 0) is 26.3 Å². The summed E-state index contributed by atoms with van der Waals surface area (Å²) in [5, 5.41) is 16.7. The zero-order chi connectivity index (χ0) is 15.1. The van der Waals surface area contributed by atoms with Crippen LogP contribution in [0.3, 0.4) is 0 Å². The molecule has 1 aromatic carbocycles. The number of rotatable bonds is 7. The van der Waals surface area contributed by atoms with Gasteiger partial charge in [-0.15, -0.1) is 0 Å². The molecular weight excluding hydrogens is 258 g/mol. The first-order valence-electron chi connectivity index (χ1n) is 6.67. The van der Waals surface area contributed by atoms with Crippen molar-refractivity contribution in [1.29, 1.82) is 0 Å². The van der Waals surface area contributed by atoms with Crippen molar-refractivity contribution < 1.29 is 9.72 Å². The van der Waals surface area contributed by atoms with Gasteiger partial charge in [0.15, 0.2) is 0 Å². The van der Waals surface area contributed by atoms with Crippen molar-refractivity contribution in [3.8, 4) is 0 Å². The number of hydrogen-bond acceptors (Lipinski definition) is 4. The first-order valence-corrected chi connectivity index (χ1v) is 6.67. The summed E-state index contributed by atoms with van der Waals surface area (Å²) in [5.41, 5.74) is 0.914. The van der Waals surface area contributed by atoms with Gasteiger partial charge in [0.2, 0.25) is 5.91 Å². The van der Waals surface area contributed by atoms with E-state index in [1.807, 2.05) is 26.8 Å². The lowest BCUT2D eigenvalue weighted by molar-refractivity contribution is -0.384. The molecule has 0 aliphatic rings. The predicted octanol–water partition coefficient (Wildman–Crippen LogP) is 2.16. The molecule has 1 unspecified atom stereocenters. The molecule has 0 aliphatic heterocycles. The predicted molar refractivity (Wildman–Crippen MR) is 77.4 cm³/mol. The quantitative estimate of drug-likeness (QED) is 0.591. The normalized spacial score (nSPS) is 12.2. The number of nitro groups is 1. The summed E-state index contributed by atoms with van der Waals surface area (Å²) in [5.74, 6) is -0.00116. The lowest BCUT2D eigenvalue weighted by atomic mass is 10.1. The molecule has 0 heterocycles. The molecule has 0 aliphatic carbocycles. The number of non-ortho nitro benzene ring substituents is 1. The molecule has 1 atom stereocenters. The molecule has 0 spiro atoms. The van der Waals surface area contributed by atoms with Gasteiger partial charge >= 0.3 is 0 Å². The number of benzene rings is 1. The molecule has 6 heteroatoms. The van der Waals surface area contributed by atoms with Crippen LogP contribution >= 0.6 is 0 Å². The van der Waals surface area contributed by atoms with Gasteiger partial charge in [-0.25, -0.2) is 0 Å². The molecule has 0 saturated heterocycles. The summed E-state index contributed by atoms with van der Waals surface area (Å²) >= 11 is 0. The van der Waals surface area contributed by atoms with Crippen LogP contribution in [0.25, 0.3) is 0 Å². The van der Waals surface area contributed by atoms with E-state index in [1.165, 1.54) is 6.07 Å². The van der Waals surface area contributed by atoms with E-state index < -0.39 is 4.92 Å². The zero-order valence-electron chi connectivity index (χ0n) is 12.1. The summed E-state index contributed by atoms with van der Waals surface area (Å²) in [6, 6.07) is 6.60. The van der Waals surface area contributed by atoms with E-state index in [9.17, 15) is 14.9 Å². The molecule has 0 saturated carbocycles. The summed E-state index contributed by atoms with van der Waals surface area (Å²) in [7, 11) is 0. The van der Waals surface area contributed by atoms with Gasteiger partial charge in [-0.2, -0.15) is 0 Å². The molecule has 0 radical (unpaired) electrons. The average Bonchev–Trinajstić information content (AvgIpc) is 2.37. The molecule has 0 aromatic heterocycles. The van der Waals surface area contributed by atoms with E-state index in [0.717, 1.165) is 5.56 Å². The summed E-state index contributed by atoms with van der Waals surface area (Å²) in [6.45, 7) is 6.27. The standard InChI is InChI=1S/C14H21N3O3/c1-10(2)16-14(18)7-8-15-11(3)12-5-4-6-13(9-12)17(19)20/h4-6,9-11,15H,7-8H2,1-3H3,(H,16,18). The molecule has 110 valence electrons. The van der Waals surface area contributed by atoms with Crippen LogP contribution in [0.4, 0.5) is 5.69 Å². The highest BCUT2D eigenvalue weighted by Gasteiger charge is 2.11. The Labute approximate surface area is 118 Å². The lowest BCUT2D eigenvalue weighted by Crippen LogP contribution is -2.33. The molecular formula is C14H21N3O3. The van der Waals surface area contributed by atoms with Gasteiger partial charge in [0, 0.05) is 37.2 Å². The Morgan fingerprint density at radius 1 is 1.35 bits per heavy atom. The van der Waals surface area contributed by atoms with Crippen LogP contribution in [0.5, 0.6) is 0 Å². The fourth-order valence-electron chi connectivity index (χ4n) is 1.82. The maximum Gasteiger partial charge on any atom is 0.269 e. The highest BCUT2D eigenvalue weighted by atomic mass is 16.6. The van der Waals surface area contributed by atoms with Gasteiger partial charge in [-0.3, -0.25) is 14.9 Å². The van der Waals surface area contributed by atoms with E-state index in [0.29, 0.717) is 13.0 Å². The SMILES string of the molecule is CC(C)NC(=O)CCNC(C)c1cccc([N+](=O)[O-])c1. The second-order valence-corrected chi connectivity index (χ2v) is 5.00. The van der Waals surface area contributed by atoms with Gasteiger partial charge in [-0.1, -0.05) is 12.1 Å². The fourth-order valence-corrected chi connectivity index (χ4v) is 1.82. The van der Waals surface area contributed by atoms with Gasteiger partial charge in [0.05, 0.1) is 4.92 Å². The van der Waals surface area contributed by atoms with Gasteiger partial charge in [0.25, 0.3) is 5.69 Å². The van der Waals surface area contributed by atoms with Crippen LogP contribution in [0.15, 0.2) is 24.3 Å². The van der Waals surface area contributed by atoms with E-state index in [-0.39, 0.29) is 23.7 Å². The topological polar surface area (TPSA) is 84.3 Å². The summed E-state index contributed by atoms with van der Waals surface area (Å²) in [4.78, 5) is 21.8. The summed E-state index contributed by atoms with van der Waals surface area (Å²) in [6.07, 6.45) is 0.386. The van der Waals surface area contributed by atoms with Crippen molar-refractivity contribution in [2.45, 2.75) is 39.3 Å². The van der Waals surface area contributed by atoms with Crippen molar-refractivity contribution in [2.75, 3.05) is 6.54 Å². The Morgan fingerprint density at radius 2 is 2.05 bits per heavy atom. The first-order chi connectivity index (χ1) is 9.40. The van der Waals surface area contributed by atoms with Crippen LogP contribution in [-0.2, 0) is 4.79 Å². The Balaban J connectivity index is 2.47. The lowest BCUT2D eigenvalue weighted by Gasteiger charge is -2.14. The van der Waals surface area contributed by atoms with Crippen molar-refractivity contribution in [2.24, 2.45) is 0 Å². The largest absolute Gasteiger partial charge is 0.354 e. The van der Waals surface area contributed by atoms with Crippen LogP contribution in [0, 0.1) is 10.1 Å². The Kier molecular flexibility index (Phi) is 6.11. The molecule has 2 N–H and O–H groups in total. The van der Waals surface area contributed by atoms with Crippen molar-refractivity contribution >= 4 is 11.6 Å². The smallest absolute Gasteiger partial charge is 0.269 e. The fraction of sp³-hybridized carbons (Fsp3) is 0.500. The highest BCUT2D eigenvalue weighted by Crippen LogP contribution is 2.18. The third-order valence-electron chi connectivity index (χ3n) is 2.83. The Hall–Kier alpha value is -1.95. The number of nitro benzene ring substituents is 1.